The van der Waals surface area contributed by atoms with Gasteiger partial charge >= 0.3 is 0 Å². The highest BCUT2D eigenvalue weighted by Crippen LogP contribution is 2.13. The summed E-state index contributed by atoms with van der Waals surface area (Å²) in [6, 6.07) is 7.23. The summed E-state index contributed by atoms with van der Waals surface area (Å²) in [6.07, 6.45) is 0.566. The maximum absolute atomic E-state index is 12.9. The average Bonchev–Trinajstić information content (AvgIpc) is 2.69. The smallest absolute Gasteiger partial charge is 0.169 e. The van der Waals surface area contributed by atoms with E-state index in [0.717, 1.165) is 11.8 Å². The SMILES string of the molecule is Fc1cc(F)cc(CCNCc2ccc(Br)o2)c1. The highest BCUT2D eigenvalue weighted by molar-refractivity contribution is 9.10. The first-order valence-electron chi connectivity index (χ1n) is 5.53. The van der Waals surface area contributed by atoms with Crippen LogP contribution in [-0.2, 0) is 13.0 Å². The topological polar surface area (TPSA) is 25.2 Å². The second-order valence-corrected chi connectivity index (χ2v) is 4.69. The van der Waals surface area contributed by atoms with Gasteiger partial charge in [0.1, 0.15) is 17.4 Å². The van der Waals surface area contributed by atoms with Crippen LogP contribution in [0, 0.1) is 11.6 Å². The molecule has 0 unspecified atom stereocenters. The summed E-state index contributed by atoms with van der Waals surface area (Å²) in [5.74, 6) is -0.271. The van der Waals surface area contributed by atoms with Gasteiger partial charge in [0.15, 0.2) is 4.67 Å². The molecule has 1 N–H and O–H groups in total. The molecule has 0 aliphatic carbocycles. The first-order valence-corrected chi connectivity index (χ1v) is 6.33. The van der Waals surface area contributed by atoms with E-state index in [-0.39, 0.29) is 0 Å². The van der Waals surface area contributed by atoms with Crippen molar-refractivity contribution >= 4 is 15.9 Å². The number of hydrogen-bond acceptors (Lipinski definition) is 2. The second-order valence-electron chi connectivity index (χ2n) is 3.91. The number of furan rings is 1. The molecule has 0 radical (unpaired) electrons. The standard InChI is InChI=1S/C13H12BrF2NO/c14-13-2-1-12(18-13)8-17-4-3-9-5-10(15)7-11(16)6-9/h1-2,5-7,17H,3-4,8H2. The van der Waals surface area contributed by atoms with Crippen molar-refractivity contribution in [2.24, 2.45) is 0 Å². The summed E-state index contributed by atoms with van der Waals surface area (Å²) in [5, 5.41) is 3.14. The van der Waals surface area contributed by atoms with Crippen LogP contribution in [0.15, 0.2) is 39.4 Å². The summed E-state index contributed by atoms with van der Waals surface area (Å²) >= 11 is 3.22. The first-order chi connectivity index (χ1) is 8.63. The fourth-order valence-corrected chi connectivity index (χ4v) is 1.99. The van der Waals surface area contributed by atoms with Crippen molar-refractivity contribution in [3.05, 3.63) is 58.0 Å². The molecule has 1 aromatic carbocycles. The molecule has 2 aromatic rings. The van der Waals surface area contributed by atoms with Gasteiger partial charge in [-0.3, -0.25) is 0 Å². The minimum atomic E-state index is -0.542. The third-order valence-corrected chi connectivity index (χ3v) is 2.87. The number of rotatable bonds is 5. The van der Waals surface area contributed by atoms with Crippen molar-refractivity contribution in [1.82, 2.24) is 5.32 Å². The Balaban J connectivity index is 1.78. The van der Waals surface area contributed by atoms with Gasteiger partial charge in [0.25, 0.3) is 0 Å². The molecule has 2 rings (SSSR count). The van der Waals surface area contributed by atoms with Crippen molar-refractivity contribution in [2.75, 3.05) is 6.54 Å². The fourth-order valence-electron chi connectivity index (χ4n) is 1.65. The summed E-state index contributed by atoms with van der Waals surface area (Å²) in [5.41, 5.74) is 0.639. The average molecular weight is 316 g/mol. The molecule has 1 heterocycles. The van der Waals surface area contributed by atoms with Crippen molar-refractivity contribution < 1.29 is 13.2 Å². The van der Waals surface area contributed by atoms with Crippen LogP contribution in [0.3, 0.4) is 0 Å². The van der Waals surface area contributed by atoms with E-state index in [1.165, 1.54) is 12.1 Å². The summed E-state index contributed by atoms with van der Waals surface area (Å²) in [7, 11) is 0. The van der Waals surface area contributed by atoms with E-state index in [1.807, 2.05) is 12.1 Å². The Hall–Kier alpha value is -1.20. The van der Waals surface area contributed by atoms with Crippen LogP contribution < -0.4 is 5.32 Å². The van der Waals surface area contributed by atoms with E-state index in [4.69, 9.17) is 4.42 Å². The minimum Gasteiger partial charge on any atom is -0.453 e. The Labute approximate surface area is 112 Å². The molecule has 0 amide bonds. The van der Waals surface area contributed by atoms with Crippen LogP contribution >= 0.6 is 15.9 Å². The van der Waals surface area contributed by atoms with Crippen molar-refractivity contribution in [3.8, 4) is 0 Å². The van der Waals surface area contributed by atoms with Crippen LogP contribution in [0.1, 0.15) is 11.3 Å². The molecule has 0 saturated heterocycles. The van der Waals surface area contributed by atoms with Crippen molar-refractivity contribution in [3.63, 3.8) is 0 Å². The lowest BCUT2D eigenvalue weighted by atomic mass is 10.1. The molecule has 18 heavy (non-hydrogen) atoms. The number of halogens is 3. The molecule has 0 aliphatic heterocycles. The molecule has 5 heteroatoms. The molecule has 2 nitrogen and oxygen atoms in total. The Morgan fingerprint density at radius 2 is 1.83 bits per heavy atom. The Kier molecular flexibility index (Phi) is 4.49. The van der Waals surface area contributed by atoms with Gasteiger partial charge < -0.3 is 9.73 Å². The zero-order valence-corrected chi connectivity index (χ0v) is 11.1. The molecular weight excluding hydrogens is 304 g/mol. The fraction of sp³-hybridized carbons (Fsp3) is 0.231. The number of benzene rings is 1. The molecule has 0 saturated carbocycles. The maximum atomic E-state index is 12.9. The Morgan fingerprint density at radius 1 is 1.11 bits per heavy atom. The largest absolute Gasteiger partial charge is 0.453 e. The Bertz CT molecular complexity index is 507. The highest BCUT2D eigenvalue weighted by atomic mass is 79.9. The van der Waals surface area contributed by atoms with Crippen molar-refractivity contribution in [2.45, 2.75) is 13.0 Å². The van der Waals surface area contributed by atoms with Crippen molar-refractivity contribution in [1.29, 1.82) is 0 Å². The van der Waals surface area contributed by atoms with Gasteiger partial charge in [-0.05, 0) is 58.7 Å². The molecule has 0 atom stereocenters. The monoisotopic (exact) mass is 315 g/mol. The zero-order chi connectivity index (χ0) is 13.0. The maximum Gasteiger partial charge on any atom is 0.169 e. The number of hydrogen-bond donors (Lipinski definition) is 1. The van der Waals surface area contributed by atoms with E-state index in [2.05, 4.69) is 21.2 Å². The molecule has 1 aromatic heterocycles. The van der Waals surface area contributed by atoms with Gasteiger partial charge in [-0.25, -0.2) is 8.78 Å². The lowest BCUT2D eigenvalue weighted by Crippen LogP contribution is -2.16. The normalized spacial score (nSPS) is 10.8. The third-order valence-electron chi connectivity index (χ3n) is 2.44. The number of nitrogens with one attached hydrogen (secondary N) is 1. The lowest BCUT2D eigenvalue weighted by Gasteiger charge is -2.04. The first kappa shape index (κ1) is 13.2. The van der Waals surface area contributed by atoms with Gasteiger partial charge in [0, 0.05) is 6.07 Å². The summed E-state index contributed by atoms with van der Waals surface area (Å²) in [4.78, 5) is 0. The van der Waals surface area contributed by atoms with E-state index in [0.29, 0.717) is 29.7 Å². The van der Waals surface area contributed by atoms with Crippen LogP contribution in [-0.4, -0.2) is 6.54 Å². The van der Waals surface area contributed by atoms with Crippen LogP contribution in [0.2, 0.25) is 0 Å². The van der Waals surface area contributed by atoms with Gasteiger partial charge in [0.05, 0.1) is 6.54 Å². The van der Waals surface area contributed by atoms with E-state index in [1.54, 1.807) is 0 Å². The van der Waals surface area contributed by atoms with Gasteiger partial charge in [-0.1, -0.05) is 0 Å². The second kappa shape index (κ2) is 6.11. The van der Waals surface area contributed by atoms with Gasteiger partial charge in [-0.2, -0.15) is 0 Å². The van der Waals surface area contributed by atoms with E-state index >= 15 is 0 Å². The lowest BCUT2D eigenvalue weighted by molar-refractivity contribution is 0.466. The molecule has 0 fully saturated rings. The van der Waals surface area contributed by atoms with Gasteiger partial charge in [0.2, 0.25) is 0 Å². The van der Waals surface area contributed by atoms with Crippen LogP contribution in [0.4, 0.5) is 8.78 Å². The quantitative estimate of drug-likeness (QED) is 0.852. The highest BCUT2D eigenvalue weighted by Gasteiger charge is 2.01. The van der Waals surface area contributed by atoms with Gasteiger partial charge in [-0.15, -0.1) is 0 Å². The zero-order valence-electron chi connectivity index (χ0n) is 9.55. The van der Waals surface area contributed by atoms with E-state index in [9.17, 15) is 8.78 Å². The molecular formula is C13H12BrF2NO. The summed E-state index contributed by atoms with van der Waals surface area (Å²) in [6.45, 7) is 1.21. The minimum absolute atomic E-state index is 0.542. The van der Waals surface area contributed by atoms with E-state index < -0.39 is 11.6 Å². The third kappa shape index (κ3) is 3.92. The summed E-state index contributed by atoms with van der Waals surface area (Å²) < 4.78 is 31.8. The molecule has 0 spiro atoms. The van der Waals surface area contributed by atoms with Crippen LogP contribution in [0.5, 0.6) is 0 Å². The molecule has 0 bridgehead atoms. The predicted molar refractivity (Wildman–Crippen MR) is 68.2 cm³/mol. The molecule has 96 valence electrons. The Morgan fingerprint density at radius 3 is 2.44 bits per heavy atom. The molecule has 0 aliphatic rings. The predicted octanol–water partition coefficient (Wildman–Crippen LogP) is 3.65. The van der Waals surface area contributed by atoms with Crippen LogP contribution in [0.25, 0.3) is 0 Å².